The van der Waals surface area contributed by atoms with Crippen molar-refractivity contribution in [2.24, 2.45) is 11.8 Å². The Morgan fingerprint density at radius 2 is 1.98 bits per heavy atom. The molecule has 5 nitrogen and oxygen atoms in total. The summed E-state index contributed by atoms with van der Waals surface area (Å²) in [5.41, 5.74) is 7.50. The zero-order valence-electron chi connectivity index (χ0n) is 26.7. The number of ether oxygens (including phenoxy) is 1. The number of carboxylic acid groups (broad SMARTS) is 1. The highest BCUT2D eigenvalue weighted by Crippen LogP contribution is 2.57. The molecular formula is C39H43ClN2O3S. The Bertz CT molecular complexity index is 1710. The summed E-state index contributed by atoms with van der Waals surface area (Å²) in [6.07, 6.45) is 10.1. The second kappa shape index (κ2) is 12.7. The van der Waals surface area contributed by atoms with E-state index in [-0.39, 0.29) is 5.41 Å². The molecule has 3 aliphatic rings. The highest BCUT2D eigenvalue weighted by Gasteiger charge is 2.54. The van der Waals surface area contributed by atoms with Gasteiger partial charge in [0.05, 0.1) is 6.61 Å². The third kappa shape index (κ3) is 5.84. The lowest BCUT2D eigenvalue weighted by Gasteiger charge is -2.47. The van der Waals surface area contributed by atoms with Gasteiger partial charge in [-0.15, -0.1) is 0 Å². The SMILES string of the molecule is C[C@@H](COc1ccnc2c1[C@H](C)CCC2)C[C@@H]1Cc2ccc(-c3ccsc3)cc2C12CCC(Nc1cccc(Cl)c1)(C(=O)O)CC2. The van der Waals surface area contributed by atoms with E-state index < -0.39 is 11.5 Å². The molecule has 0 radical (unpaired) electrons. The van der Waals surface area contributed by atoms with Crippen molar-refractivity contribution in [3.8, 4) is 16.9 Å². The monoisotopic (exact) mass is 654 g/mol. The molecule has 240 valence electrons. The van der Waals surface area contributed by atoms with Crippen molar-refractivity contribution in [1.82, 2.24) is 4.98 Å². The lowest BCUT2D eigenvalue weighted by Crippen LogP contribution is -2.53. The smallest absolute Gasteiger partial charge is 0.329 e. The maximum absolute atomic E-state index is 12.9. The molecule has 2 aromatic carbocycles. The van der Waals surface area contributed by atoms with E-state index >= 15 is 0 Å². The van der Waals surface area contributed by atoms with E-state index in [1.54, 1.807) is 11.3 Å². The van der Waals surface area contributed by atoms with Crippen molar-refractivity contribution in [3.63, 3.8) is 0 Å². The van der Waals surface area contributed by atoms with Crippen LogP contribution in [0.2, 0.25) is 5.02 Å². The van der Waals surface area contributed by atoms with Crippen molar-refractivity contribution >= 4 is 34.6 Å². The fourth-order valence-electron chi connectivity index (χ4n) is 8.71. The number of hydrogen-bond donors (Lipinski definition) is 2. The van der Waals surface area contributed by atoms with Gasteiger partial charge in [0.2, 0.25) is 0 Å². The summed E-state index contributed by atoms with van der Waals surface area (Å²) in [5, 5.41) is 18.9. The average Bonchev–Trinajstić information content (AvgIpc) is 3.68. The number of carboxylic acids is 1. The molecule has 0 amide bonds. The quantitative estimate of drug-likeness (QED) is 0.188. The second-order valence-corrected chi connectivity index (χ2v) is 15.3. The van der Waals surface area contributed by atoms with Crippen LogP contribution >= 0.6 is 22.9 Å². The van der Waals surface area contributed by atoms with Crippen LogP contribution in [0.25, 0.3) is 11.1 Å². The Labute approximate surface area is 281 Å². The summed E-state index contributed by atoms with van der Waals surface area (Å²) < 4.78 is 6.57. The first-order valence-corrected chi connectivity index (χ1v) is 18.1. The summed E-state index contributed by atoms with van der Waals surface area (Å²) in [4.78, 5) is 17.6. The summed E-state index contributed by atoms with van der Waals surface area (Å²) in [6.45, 7) is 5.28. The molecule has 46 heavy (non-hydrogen) atoms. The van der Waals surface area contributed by atoms with E-state index in [4.69, 9.17) is 16.3 Å². The largest absolute Gasteiger partial charge is 0.493 e. The summed E-state index contributed by atoms with van der Waals surface area (Å²) in [5.74, 6) is 1.46. The summed E-state index contributed by atoms with van der Waals surface area (Å²) in [6, 6.07) is 18.7. The van der Waals surface area contributed by atoms with Gasteiger partial charge < -0.3 is 15.2 Å². The number of pyridine rings is 1. The van der Waals surface area contributed by atoms with Gasteiger partial charge in [0, 0.05) is 28.2 Å². The predicted octanol–water partition coefficient (Wildman–Crippen LogP) is 9.93. The molecule has 1 saturated carbocycles. The highest BCUT2D eigenvalue weighted by molar-refractivity contribution is 7.08. The number of aromatic nitrogens is 1. The molecule has 1 fully saturated rings. The molecule has 7 rings (SSSR count). The Kier molecular flexibility index (Phi) is 8.62. The number of anilines is 1. The Balaban J connectivity index is 1.15. The minimum absolute atomic E-state index is 0.0745. The number of nitrogens with one attached hydrogen (secondary N) is 1. The van der Waals surface area contributed by atoms with Gasteiger partial charge in [0.15, 0.2) is 0 Å². The van der Waals surface area contributed by atoms with Crippen LogP contribution in [0.3, 0.4) is 0 Å². The van der Waals surface area contributed by atoms with Crippen molar-refractivity contribution in [3.05, 3.63) is 99.0 Å². The molecule has 2 heterocycles. The van der Waals surface area contributed by atoms with Crippen LogP contribution in [0.4, 0.5) is 5.69 Å². The highest BCUT2D eigenvalue weighted by atomic mass is 35.5. The Morgan fingerprint density at radius 3 is 2.74 bits per heavy atom. The van der Waals surface area contributed by atoms with Gasteiger partial charge >= 0.3 is 5.97 Å². The van der Waals surface area contributed by atoms with Crippen LogP contribution in [-0.4, -0.2) is 28.2 Å². The van der Waals surface area contributed by atoms with Crippen molar-refractivity contribution in [2.45, 2.75) is 88.5 Å². The summed E-state index contributed by atoms with van der Waals surface area (Å²) in [7, 11) is 0. The Morgan fingerprint density at radius 1 is 1.13 bits per heavy atom. The van der Waals surface area contributed by atoms with Gasteiger partial charge in [-0.2, -0.15) is 11.3 Å². The second-order valence-electron chi connectivity index (χ2n) is 14.1. The minimum atomic E-state index is -1.03. The molecule has 0 bridgehead atoms. The van der Waals surface area contributed by atoms with Crippen LogP contribution in [0.1, 0.15) is 87.1 Å². The van der Waals surface area contributed by atoms with Gasteiger partial charge in [-0.25, -0.2) is 4.79 Å². The van der Waals surface area contributed by atoms with E-state index in [1.165, 1.54) is 46.4 Å². The standard InChI is InChI=1S/C39H43ClN2O3S/c1-25(23-45-35-11-17-41-34-8-3-5-26(2)36(34)35)19-30-20-28-10-9-27(29-12-18-46-24-29)21-33(28)38(30)13-15-39(16-14-38,37(43)44)42-32-7-4-6-31(40)22-32/h4,6-7,9-12,17-18,21-22,24-26,30,42H,3,5,8,13-16,19-20,23H2,1-2H3,(H,43,44)/t25-,26-,30-,38?,39?/m1/s1. The van der Waals surface area contributed by atoms with Gasteiger partial charge in [0.1, 0.15) is 11.3 Å². The first-order chi connectivity index (χ1) is 22.3. The number of rotatable bonds is 9. The predicted molar refractivity (Wildman–Crippen MR) is 187 cm³/mol. The van der Waals surface area contributed by atoms with Gasteiger partial charge in [0.25, 0.3) is 0 Å². The van der Waals surface area contributed by atoms with E-state index in [0.29, 0.717) is 42.2 Å². The first-order valence-electron chi connectivity index (χ1n) is 16.8. The van der Waals surface area contributed by atoms with Crippen molar-refractivity contribution in [1.29, 1.82) is 0 Å². The maximum atomic E-state index is 12.9. The van der Waals surface area contributed by atoms with Crippen molar-refractivity contribution < 1.29 is 14.6 Å². The molecule has 1 spiro atoms. The number of fused-ring (bicyclic) bond motifs is 3. The van der Waals surface area contributed by atoms with Crippen LogP contribution in [-0.2, 0) is 23.1 Å². The Hall–Kier alpha value is -3.35. The average molecular weight is 655 g/mol. The van der Waals surface area contributed by atoms with Gasteiger partial charge in [-0.05, 0) is 144 Å². The molecule has 4 aromatic rings. The number of nitrogens with zero attached hydrogens (tertiary/aromatic N) is 1. The lowest BCUT2D eigenvalue weighted by molar-refractivity contribution is -0.144. The van der Waals surface area contributed by atoms with Crippen molar-refractivity contribution in [2.75, 3.05) is 11.9 Å². The van der Waals surface area contributed by atoms with Gasteiger partial charge in [-0.1, -0.05) is 49.7 Å². The number of benzene rings is 2. The fraction of sp³-hybridized carbons (Fsp3) is 0.436. The van der Waals surface area contributed by atoms with Crippen LogP contribution < -0.4 is 10.1 Å². The topological polar surface area (TPSA) is 71.5 Å². The third-order valence-corrected chi connectivity index (χ3v) is 12.1. The molecule has 2 N–H and O–H groups in total. The fourth-order valence-corrected chi connectivity index (χ4v) is 9.56. The van der Waals surface area contributed by atoms with E-state index in [0.717, 1.165) is 43.5 Å². The number of aliphatic carboxylic acids is 1. The number of thiophene rings is 1. The molecule has 3 atom stereocenters. The van der Waals surface area contributed by atoms with E-state index in [9.17, 15) is 9.90 Å². The van der Waals surface area contributed by atoms with Gasteiger partial charge in [-0.3, -0.25) is 4.98 Å². The zero-order chi connectivity index (χ0) is 31.9. The van der Waals surface area contributed by atoms with E-state index in [1.807, 2.05) is 36.5 Å². The summed E-state index contributed by atoms with van der Waals surface area (Å²) >= 11 is 7.99. The van der Waals surface area contributed by atoms with Crippen LogP contribution in [0.15, 0.2) is 71.6 Å². The number of hydrogen-bond acceptors (Lipinski definition) is 5. The molecular weight excluding hydrogens is 612 g/mol. The lowest BCUT2D eigenvalue weighted by atomic mass is 9.59. The molecule has 0 saturated heterocycles. The van der Waals surface area contributed by atoms with E-state index in [2.05, 4.69) is 59.2 Å². The molecule has 3 aliphatic carbocycles. The number of halogens is 1. The number of aryl methyl sites for hydroxylation is 1. The van der Waals surface area contributed by atoms with Crippen LogP contribution in [0, 0.1) is 11.8 Å². The first kappa shape index (κ1) is 31.3. The number of carbonyl (C=O) groups is 1. The molecule has 0 unspecified atom stereocenters. The molecule has 7 heteroatoms. The normalized spacial score (nSPS) is 25.9. The third-order valence-electron chi connectivity index (χ3n) is 11.1. The van der Waals surface area contributed by atoms with Crippen LogP contribution in [0.5, 0.6) is 5.75 Å². The molecule has 2 aromatic heterocycles. The maximum Gasteiger partial charge on any atom is 0.329 e. The zero-order valence-corrected chi connectivity index (χ0v) is 28.3. The molecule has 0 aliphatic heterocycles. The minimum Gasteiger partial charge on any atom is -0.493 e.